The number of rotatable bonds is 12. The highest BCUT2D eigenvalue weighted by atomic mass is 79.9. The third-order valence-corrected chi connectivity index (χ3v) is 12.5. The van der Waals surface area contributed by atoms with Gasteiger partial charge in [0.1, 0.15) is 23.3 Å². The molecule has 9 heteroatoms. The van der Waals surface area contributed by atoms with Gasteiger partial charge in [-0.15, -0.1) is 0 Å². The molecular weight excluding hydrogens is 852 g/mol. The van der Waals surface area contributed by atoms with Gasteiger partial charge in [0.05, 0.1) is 20.2 Å². The molecule has 0 aliphatic heterocycles. The van der Waals surface area contributed by atoms with Crippen LogP contribution in [0, 0.1) is 35.1 Å². The maximum atomic E-state index is 14.6. The molecule has 4 aromatic rings. The molecule has 2 aliphatic carbocycles. The molecule has 4 unspecified atom stereocenters. The van der Waals surface area contributed by atoms with Crippen molar-refractivity contribution in [1.29, 1.82) is 0 Å². The van der Waals surface area contributed by atoms with Crippen molar-refractivity contribution in [3.8, 4) is 0 Å². The topological polar surface area (TPSA) is 34.1 Å². The average Bonchev–Trinajstić information content (AvgIpc) is 3.15. The summed E-state index contributed by atoms with van der Waals surface area (Å²) in [7, 11) is -3.79. The molecule has 0 N–H and O–H groups in total. The molecule has 0 amide bonds. The van der Waals surface area contributed by atoms with Gasteiger partial charge in [-0.1, -0.05) is 190 Å². The standard InChI is InChI=1S/C46H36Br2F4O2S/c47-45(25-21-35-11-3-7-15-43(35)51)27-23-39(37(29-45)19-17-33-9-1-5-13-41(33)49)31-55(53,54)32-40-24-28-46(48,26-22-36-12-4-8-16-44(36)52)30-38(40)20-18-34-10-2-6-14-42(34)50/h1-30,39-40H,31-32H2/b19-17+,20-18+,25-21+,26-22+. The SMILES string of the molecule is O=S(=O)(CC1C=CC(Br)(/C=C/c2ccccc2F)C=C1/C=C/c1ccccc1F)CC1C=CC(Br)(/C=C/c2ccccc2F)C=C1/C=C/c1ccccc1F. The van der Waals surface area contributed by atoms with E-state index in [0.717, 1.165) is 0 Å². The van der Waals surface area contributed by atoms with E-state index in [1.807, 2.05) is 24.3 Å². The van der Waals surface area contributed by atoms with E-state index in [1.54, 1.807) is 134 Å². The van der Waals surface area contributed by atoms with E-state index in [9.17, 15) is 26.0 Å². The van der Waals surface area contributed by atoms with Crippen LogP contribution in [0.1, 0.15) is 22.3 Å². The largest absolute Gasteiger partial charge is 0.229 e. The highest BCUT2D eigenvalue weighted by Crippen LogP contribution is 2.38. The quantitative estimate of drug-likeness (QED) is 0.0807. The highest BCUT2D eigenvalue weighted by molar-refractivity contribution is 9.10. The Morgan fingerprint density at radius 1 is 0.491 bits per heavy atom. The molecule has 0 fully saturated rings. The van der Waals surface area contributed by atoms with Crippen molar-refractivity contribution in [1.82, 2.24) is 0 Å². The molecule has 2 nitrogen and oxygen atoms in total. The van der Waals surface area contributed by atoms with Crippen LogP contribution in [0.2, 0.25) is 0 Å². The summed E-state index contributed by atoms with van der Waals surface area (Å²) >= 11 is 7.45. The van der Waals surface area contributed by atoms with Gasteiger partial charge in [0.25, 0.3) is 0 Å². The van der Waals surface area contributed by atoms with Crippen LogP contribution < -0.4 is 0 Å². The van der Waals surface area contributed by atoms with Crippen LogP contribution in [-0.2, 0) is 9.84 Å². The van der Waals surface area contributed by atoms with E-state index in [2.05, 4.69) is 31.9 Å². The van der Waals surface area contributed by atoms with Gasteiger partial charge in [0.2, 0.25) is 0 Å². The monoisotopic (exact) mass is 886 g/mol. The maximum absolute atomic E-state index is 14.6. The first-order valence-electron chi connectivity index (χ1n) is 17.5. The number of hydrogen-bond acceptors (Lipinski definition) is 2. The van der Waals surface area contributed by atoms with Gasteiger partial charge in [0.15, 0.2) is 9.84 Å². The Hall–Kier alpha value is -4.57. The van der Waals surface area contributed by atoms with Crippen LogP contribution in [0.3, 0.4) is 0 Å². The predicted molar refractivity (Wildman–Crippen MR) is 225 cm³/mol. The van der Waals surface area contributed by atoms with E-state index >= 15 is 0 Å². The molecule has 0 aromatic heterocycles. The molecule has 0 heterocycles. The molecule has 4 aromatic carbocycles. The molecule has 0 bridgehead atoms. The Kier molecular flexibility index (Phi) is 12.7. The van der Waals surface area contributed by atoms with E-state index in [4.69, 9.17) is 0 Å². The Morgan fingerprint density at radius 2 is 0.800 bits per heavy atom. The molecule has 0 radical (unpaired) electrons. The highest BCUT2D eigenvalue weighted by Gasteiger charge is 2.32. The fourth-order valence-electron chi connectivity index (χ4n) is 6.29. The predicted octanol–water partition coefficient (Wildman–Crippen LogP) is 12.3. The van der Waals surface area contributed by atoms with Crippen LogP contribution in [0.5, 0.6) is 0 Å². The summed E-state index contributed by atoms with van der Waals surface area (Å²) in [6.07, 6.45) is 24.4. The zero-order valence-electron chi connectivity index (χ0n) is 29.4. The molecule has 55 heavy (non-hydrogen) atoms. The molecule has 4 atom stereocenters. The lowest BCUT2D eigenvalue weighted by Gasteiger charge is -2.28. The fourth-order valence-corrected chi connectivity index (χ4v) is 9.22. The Labute approximate surface area is 336 Å². The molecule has 0 spiro atoms. The first kappa shape index (κ1) is 40.1. The van der Waals surface area contributed by atoms with Crippen molar-refractivity contribution < 1.29 is 26.0 Å². The summed E-state index contributed by atoms with van der Waals surface area (Å²) in [6, 6.07) is 25.3. The van der Waals surface area contributed by atoms with Crippen molar-refractivity contribution in [3.05, 3.63) is 214 Å². The Balaban J connectivity index is 1.29. The molecule has 6 rings (SSSR count). The lowest BCUT2D eigenvalue weighted by atomic mass is 9.88. The van der Waals surface area contributed by atoms with Gasteiger partial charge in [-0.3, -0.25) is 0 Å². The number of benzene rings is 4. The van der Waals surface area contributed by atoms with Crippen molar-refractivity contribution in [2.24, 2.45) is 11.8 Å². The van der Waals surface area contributed by atoms with E-state index < -0.39 is 42.0 Å². The molecule has 0 saturated carbocycles. The summed E-state index contributed by atoms with van der Waals surface area (Å²) in [5.41, 5.74) is 2.70. The van der Waals surface area contributed by atoms with Gasteiger partial charge >= 0.3 is 0 Å². The second kappa shape index (κ2) is 17.5. The van der Waals surface area contributed by atoms with Crippen LogP contribution >= 0.6 is 31.9 Å². The fraction of sp³-hybridized carbons (Fsp3) is 0.130. The number of alkyl halides is 2. The van der Waals surface area contributed by atoms with Crippen molar-refractivity contribution in [3.63, 3.8) is 0 Å². The second-order valence-electron chi connectivity index (χ2n) is 13.4. The van der Waals surface area contributed by atoms with Crippen LogP contribution in [0.25, 0.3) is 24.3 Å². The van der Waals surface area contributed by atoms with Crippen LogP contribution in [0.15, 0.2) is 169 Å². The summed E-state index contributed by atoms with van der Waals surface area (Å²) in [6.45, 7) is 0. The lowest BCUT2D eigenvalue weighted by molar-refractivity contribution is 0.583. The van der Waals surface area contributed by atoms with Crippen molar-refractivity contribution >= 4 is 66.0 Å². The minimum atomic E-state index is -3.79. The van der Waals surface area contributed by atoms with Crippen LogP contribution in [0.4, 0.5) is 17.6 Å². The third-order valence-electron chi connectivity index (χ3n) is 9.24. The first-order chi connectivity index (χ1) is 26.3. The number of sulfone groups is 1. The molecular formula is C46H36Br2F4O2S. The van der Waals surface area contributed by atoms with E-state index in [-0.39, 0.29) is 23.1 Å². The Bertz CT molecular complexity index is 2250. The summed E-state index contributed by atoms with van der Waals surface area (Å²) in [5.74, 6) is -3.28. The zero-order valence-corrected chi connectivity index (χ0v) is 33.4. The molecule has 2 aliphatic rings. The van der Waals surface area contributed by atoms with Gasteiger partial charge in [-0.2, -0.15) is 0 Å². The van der Waals surface area contributed by atoms with Crippen LogP contribution in [-0.4, -0.2) is 28.6 Å². The van der Waals surface area contributed by atoms with Crippen molar-refractivity contribution in [2.75, 3.05) is 11.5 Å². The molecule has 280 valence electrons. The number of hydrogen-bond donors (Lipinski definition) is 0. The van der Waals surface area contributed by atoms with E-state index in [0.29, 0.717) is 33.4 Å². The van der Waals surface area contributed by atoms with Gasteiger partial charge < -0.3 is 0 Å². The minimum absolute atomic E-state index is 0.252. The smallest absolute Gasteiger partial charge is 0.152 e. The number of halogens is 6. The summed E-state index contributed by atoms with van der Waals surface area (Å²) in [4.78, 5) is 0. The zero-order chi connectivity index (χ0) is 39.1. The summed E-state index contributed by atoms with van der Waals surface area (Å²) in [5, 5.41) is 0. The third kappa shape index (κ3) is 10.8. The van der Waals surface area contributed by atoms with Crippen molar-refractivity contribution in [2.45, 2.75) is 8.65 Å². The van der Waals surface area contributed by atoms with Gasteiger partial charge in [-0.25, -0.2) is 26.0 Å². The maximum Gasteiger partial charge on any atom is 0.152 e. The van der Waals surface area contributed by atoms with Gasteiger partial charge in [-0.05, 0) is 35.4 Å². The second-order valence-corrected chi connectivity index (χ2v) is 18.3. The average molecular weight is 889 g/mol. The Morgan fingerprint density at radius 3 is 1.13 bits per heavy atom. The normalized spacial score (nSPS) is 22.9. The van der Waals surface area contributed by atoms with E-state index in [1.165, 1.54) is 24.3 Å². The lowest BCUT2D eigenvalue weighted by Crippen LogP contribution is -2.28. The summed E-state index contributed by atoms with van der Waals surface area (Å²) < 4.78 is 84.5. The molecule has 0 saturated heterocycles. The number of allylic oxidation sites excluding steroid dienone is 12. The minimum Gasteiger partial charge on any atom is -0.229 e. The first-order valence-corrected chi connectivity index (χ1v) is 20.9. The van der Waals surface area contributed by atoms with Gasteiger partial charge in [0, 0.05) is 34.1 Å².